The van der Waals surface area contributed by atoms with Gasteiger partial charge in [0.2, 0.25) is 0 Å². The van der Waals surface area contributed by atoms with Gasteiger partial charge >= 0.3 is 5.97 Å². The topological polar surface area (TPSA) is 76.2 Å². The Balaban J connectivity index is 2.69. The van der Waals surface area contributed by atoms with Gasteiger partial charge in [-0.3, -0.25) is 4.79 Å². The standard InChI is InChI=1S/C10H20N2O5S/c1-3-11(9-10(13)17-4-2)18(14,15)12-5-7-16-8-6-12/h3-9H2,1-2H3. The van der Waals surface area contributed by atoms with Crippen LogP contribution in [0.2, 0.25) is 0 Å². The van der Waals surface area contributed by atoms with E-state index in [2.05, 4.69) is 0 Å². The van der Waals surface area contributed by atoms with Gasteiger partial charge in [0.1, 0.15) is 6.54 Å². The Bertz CT molecular complexity index is 364. The minimum absolute atomic E-state index is 0.235. The van der Waals surface area contributed by atoms with Gasteiger partial charge < -0.3 is 9.47 Å². The van der Waals surface area contributed by atoms with Crippen molar-refractivity contribution in [3.8, 4) is 0 Å². The van der Waals surface area contributed by atoms with E-state index in [1.165, 1.54) is 4.31 Å². The molecule has 0 unspecified atom stereocenters. The average molecular weight is 280 g/mol. The Morgan fingerprint density at radius 2 is 1.94 bits per heavy atom. The molecule has 8 heteroatoms. The maximum Gasteiger partial charge on any atom is 0.321 e. The molecule has 1 rings (SSSR count). The van der Waals surface area contributed by atoms with Crippen molar-refractivity contribution >= 4 is 16.2 Å². The molecule has 18 heavy (non-hydrogen) atoms. The van der Waals surface area contributed by atoms with Crippen LogP contribution in [0.4, 0.5) is 0 Å². The molecule has 0 radical (unpaired) electrons. The third-order valence-corrected chi connectivity index (χ3v) is 4.64. The molecule has 1 aliphatic heterocycles. The molecule has 0 amide bonds. The molecule has 106 valence electrons. The first-order valence-corrected chi connectivity index (χ1v) is 7.40. The van der Waals surface area contributed by atoms with Crippen molar-refractivity contribution in [1.82, 2.24) is 8.61 Å². The van der Waals surface area contributed by atoms with Crippen LogP contribution in [-0.4, -0.2) is 69.0 Å². The molecule has 1 heterocycles. The molecule has 0 aromatic rings. The third kappa shape index (κ3) is 3.91. The SMILES string of the molecule is CCOC(=O)CN(CC)S(=O)(=O)N1CCOCC1. The first kappa shape index (κ1) is 15.4. The van der Waals surface area contributed by atoms with E-state index in [1.54, 1.807) is 13.8 Å². The van der Waals surface area contributed by atoms with E-state index < -0.39 is 16.2 Å². The van der Waals surface area contributed by atoms with E-state index in [1.807, 2.05) is 0 Å². The Labute approximate surface area is 108 Å². The van der Waals surface area contributed by atoms with Gasteiger partial charge in [0.05, 0.1) is 19.8 Å². The zero-order valence-corrected chi connectivity index (χ0v) is 11.6. The molecule has 0 bridgehead atoms. The summed E-state index contributed by atoms with van der Waals surface area (Å²) in [4.78, 5) is 11.4. The predicted octanol–water partition coefficient (Wildman–Crippen LogP) is -0.552. The van der Waals surface area contributed by atoms with Gasteiger partial charge in [-0.1, -0.05) is 6.92 Å². The van der Waals surface area contributed by atoms with Crippen molar-refractivity contribution in [1.29, 1.82) is 0 Å². The van der Waals surface area contributed by atoms with Gasteiger partial charge in [-0.05, 0) is 6.92 Å². The number of morpholine rings is 1. The second kappa shape index (κ2) is 7.03. The molecule has 0 aromatic carbocycles. The van der Waals surface area contributed by atoms with E-state index in [9.17, 15) is 13.2 Å². The minimum Gasteiger partial charge on any atom is -0.465 e. The molecule has 0 aromatic heterocycles. The van der Waals surface area contributed by atoms with Crippen LogP contribution in [0, 0.1) is 0 Å². The number of rotatable bonds is 6. The maximum absolute atomic E-state index is 12.2. The Morgan fingerprint density at radius 1 is 1.33 bits per heavy atom. The van der Waals surface area contributed by atoms with Crippen LogP contribution >= 0.6 is 0 Å². The Morgan fingerprint density at radius 3 is 2.44 bits per heavy atom. The highest BCUT2D eigenvalue weighted by Crippen LogP contribution is 2.10. The third-order valence-electron chi connectivity index (χ3n) is 2.59. The normalized spacial score (nSPS) is 17.9. The number of hydrogen-bond donors (Lipinski definition) is 0. The van der Waals surface area contributed by atoms with Crippen LogP contribution in [0.3, 0.4) is 0 Å². The van der Waals surface area contributed by atoms with Crippen LogP contribution in [0.15, 0.2) is 0 Å². The summed E-state index contributed by atoms with van der Waals surface area (Å²) in [6.45, 7) is 5.02. The minimum atomic E-state index is -3.60. The van der Waals surface area contributed by atoms with E-state index in [-0.39, 0.29) is 19.7 Å². The van der Waals surface area contributed by atoms with E-state index in [4.69, 9.17) is 9.47 Å². The van der Waals surface area contributed by atoms with Gasteiger partial charge in [-0.15, -0.1) is 0 Å². The van der Waals surface area contributed by atoms with Crippen LogP contribution in [0.25, 0.3) is 0 Å². The molecule has 1 fully saturated rings. The van der Waals surface area contributed by atoms with E-state index in [0.29, 0.717) is 26.3 Å². The molecule has 7 nitrogen and oxygen atoms in total. The molecule has 0 atom stereocenters. The van der Waals surface area contributed by atoms with Crippen molar-refractivity contribution in [2.75, 3.05) is 46.0 Å². The molecular weight excluding hydrogens is 260 g/mol. The lowest BCUT2D eigenvalue weighted by atomic mass is 10.5. The monoisotopic (exact) mass is 280 g/mol. The van der Waals surface area contributed by atoms with E-state index in [0.717, 1.165) is 4.31 Å². The summed E-state index contributed by atoms with van der Waals surface area (Å²) >= 11 is 0. The first-order valence-electron chi connectivity index (χ1n) is 6.01. The number of nitrogens with zero attached hydrogens (tertiary/aromatic N) is 2. The van der Waals surface area contributed by atoms with Crippen LogP contribution in [0.5, 0.6) is 0 Å². The van der Waals surface area contributed by atoms with Crippen LogP contribution < -0.4 is 0 Å². The molecular formula is C10H20N2O5S. The van der Waals surface area contributed by atoms with Crippen LogP contribution in [-0.2, 0) is 24.5 Å². The lowest BCUT2D eigenvalue weighted by Crippen LogP contribution is -2.50. The maximum atomic E-state index is 12.2. The summed E-state index contributed by atoms with van der Waals surface area (Å²) in [5, 5.41) is 0. The fourth-order valence-corrected chi connectivity index (χ4v) is 3.18. The van der Waals surface area contributed by atoms with Gasteiger partial charge in [0, 0.05) is 19.6 Å². The largest absolute Gasteiger partial charge is 0.465 e. The molecule has 0 saturated carbocycles. The molecule has 1 aliphatic rings. The fraction of sp³-hybridized carbons (Fsp3) is 0.900. The van der Waals surface area contributed by atoms with Crippen molar-refractivity contribution in [2.45, 2.75) is 13.8 Å². The lowest BCUT2D eigenvalue weighted by Gasteiger charge is -2.30. The number of esters is 1. The second-order valence-electron chi connectivity index (χ2n) is 3.75. The highest BCUT2D eigenvalue weighted by molar-refractivity contribution is 7.86. The average Bonchev–Trinajstić information content (AvgIpc) is 2.37. The summed E-state index contributed by atoms with van der Waals surface area (Å²) in [5.41, 5.74) is 0. The first-order chi connectivity index (χ1) is 8.52. The summed E-state index contributed by atoms with van der Waals surface area (Å²) in [7, 11) is -3.60. The number of carbonyl (C=O) groups is 1. The van der Waals surface area contributed by atoms with Gasteiger partial charge in [-0.25, -0.2) is 0 Å². The molecule has 1 saturated heterocycles. The summed E-state index contributed by atoms with van der Waals surface area (Å²) in [6.07, 6.45) is 0. The molecule has 0 spiro atoms. The van der Waals surface area contributed by atoms with Crippen molar-refractivity contribution in [2.24, 2.45) is 0 Å². The molecule has 0 N–H and O–H groups in total. The van der Waals surface area contributed by atoms with Gasteiger partial charge in [-0.2, -0.15) is 17.0 Å². The van der Waals surface area contributed by atoms with Gasteiger partial charge in [0.25, 0.3) is 10.2 Å². The zero-order chi connectivity index (χ0) is 13.6. The number of carbonyl (C=O) groups excluding carboxylic acids is 1. The van der Waals surface area contributed by atoms with Crippen molar-refractivity contribution in [3.05, 3.63) is 0 Å². The predicted molar refractivity (Wildman–Crippen MR) is 65.2 cm³/mol. The number of hydrogen-bond acceptors (Lipinski definition) is 5. The zero-order valence-electron chi connectivity index (χ0n) is 10.8. The Hall–Kier alpha value is -0.700. The summed E-state index contributed by atoms with van der Waals surface area (Å²) in [5.74, 6) is -0.531. The highest BCUT2D eigenvalue weighted by Gasteiger charge is 2.31. The molecule has 0 aliphatic carbocycles. The lowest BCUT2D eigenvalue weighted by molar-refractivity contribution is -0.143. The van der Waals surface area contributed by atoms with Crippen molar-refractivity contribution < 1.29 is 22.7 Å². The summed E-state index contributed by atoms with van der Waals surface area (Å²) in [6, 6.07) is 0. The van der Waals surface area contributed by atoms with E-state index >= 15 is 0 Å². The highest BCUT2D eigenvalue weighted by atomic mass is 32.2. The van der Waals surface area contributed by atoms with Crippen molar-refractivity contribution in [3.63, 3.8) is 0 Å². The van der Waals surface area contributed by atoms with Gasteiger partial charge in [0.15, 0.2) is 0 Å². The second-order valence-corrected chi connectivity index (χ2v) is 5.68. The fourth-order valence-electron chi connectivity index (χ4n) is 1.65. The Kier molecular flexibility index (Phi) is 6.00. The summed E-state index contributed by atoms with van der Waals surface area (Å²) < 4.78 is 36.8. The number of likely N-dealkylation sites (N-methyl/N-ethyl adjacent to an activating group) is 1. The van der Waals surface area contributed by atoms with Crippen LogP contribution in [0.1, 0.15) is 13.8 Å². The number of ether oxygens (including phenoxy) is 2. The quantitative estimate of drug-likeness (QED) is 0.610. The smallest absolute Gasteiger partial charge is 0.321 e.